The first kappa shape index (κ1) is 12.7. The van der Waals surface area contributed by atoms with E-state index < -0.39 is 0 Å². The standard InChI is InChI=1S/C18H13N4/c1-2-4-14(5-3-1)13-22-18-7-6-15(10-17(18)12-21-22)16-8-9-19-20-11-16/h1-10,12H,13H2. The highest BCUT2D eigenvalue weighted by atomic mass is 15.3. The Kier molecular flexibility index (Phi) is 3.12. The Morgan fingerprint density at radius 3 is 2.73 bits per heavy atom. The zero-order valence-corrected chi connectivity index (χ0v) is 11.8. The Morgan fingerprint density at radius 1 is 1.00 bits per heavy atom. The number of benzene rings is 2. The fraction of sp³-hybridized carbons (Fsp3) is 0.0556. The van der Waals surface area contributed by atoms with Crippen molar-refractivity contribution in [1.82, 2.24) is 20.0 Å². The number of nitrogens with zero attached hydrogens (tertiary/aromatic N) is 4. The maximum Gasteiger partial charge on any atom is 0.122 e. The van der Waals surface area contributed by atoms with Gasteiger partial charge in [0.25, 0.3) is 0 Å². The summed E-state index contributed by atoms with van der Waals surface area (Å²) in [6, 6.07) is 18.5. The predicted octanol–water partition coefficient (Wildman–Crippen LogP) is 3.34. The molecule has 1 radical (unpaired) electrons. The molecule has 0 aliphatic rings. The van der Waals surface area contributed by atoms with Crippen molar-refractivity contribution in [3.8, 4) is 11.1 Å². The normalized spacial score (nSPS) is 10.9. The van der Waals surface area contributed by atoms with Crippen LogP contribution in [0.15, 0.2) is 67.0 Å². The molecule has 0 unspecified atom stereocenters. The fourth-order valence-electron chi connectivity index (χ4n) is 2.56. The molecule has 105 valence electrons. The summed E-state index contributed by atoms with van der Waals surface area (Å²) < 4.78 is 2.02. The zero-order chi connectivity index (χ0) is 14.8. The Bertz CT molecular complexity index is 898. The highest BCUT2D eigenvalue weighted by Crippen LogP contribution is 2.23. The van der Waals surface area contributed by atoms with Gasteiger partial charge in [0, 0.05) is 10.9 Å². The number of hydrogen-bond donors (Lipinski definition) is 0. The van der Waals surface area contributed by atoms with Crippen molar-refractivity contribution in [2.24, 2.45) is 0 Å². The van der Waals surface area contributed by atoms with Gasteiger partial charge in [0.05, 0.1) is 24.5 Å². The van der Waals surface area contributed by atoms with Crippen LogP contribution in [-0.2, 0) is 6.54 Å². The van der Waals surface area contributed by atoms with Crippen LogP contribution in [0.1, 0.15) is 5.56 Å². The van der Waals surface area contributed by atoms with E-state index in [-0.39, 0.29) is 0 Å². The van der Waals surface area contributed by atoms with E-state index in [2.05, 4.69) is 51.8 Å². The average Bonchev–Trinajstić information content (AvgIpc) is 2.99. The largest absolute Gasteiger partial charge is 0.260 e. The first-order valence-electron chi connectivity index (χ1n) is 7.09. The van der Waals surface area contributed by atoms with Gasteiger partial charge in [-0.25, -0.2) is 0 Å². The minimum Gasteiger partial charge on any atom is -0.260 e. The van der Waals surface area contributed by atoms with Crippen molar-refractivity contribution in [1.29, 1.82) is 0 Å². The van der Waals surface area contributed by atoms with Crippen LogP contribution < -0.4 is 0 Å². The molecule has 4 aromatic rings. The molecule has 0 aliphatic carbocycles. The molecule has 0 bridgehead atoms. The quantitative estimate of drug-likeness (QED) is 0.580. The van der Waals surface area contributed by atoms with E-state index in [0.717, 1.165) is 28.6 Å². The lowest BCUT2D eigenvalue weighted by Gasteiger charge is -2.05. The van der Waals surface area contributed by atoms with E-state index in [1.165, 1.54) is 5.56 Å². The summed E-state index contributed by atoms with van der Waals surface area (Å²) >= 11 is 0. The SMILES string of the molecule is [c]1nnccc1-c1ccc2c(cnn2Cc2ccccc2)c1. The summed E-state index contributed by atoms with van der Waals surface area (Å²) in [6.45, 7) is 0.770. The van der Waals surface area contributed by atoms with Crippen molar-refractivity contribution in [3.05, 3.63) is 78.8 Å². The molecule has 4 nitrogen and oxygen atoms in total. The Balaban J connectivity index is 1.72. The van der Waals surface area contributed by atoms with Gasteiger partial charge in [-0.3, -0.25) is 4.68 Å². The van der Waals surface area contributed by atoms with Gasteiger partial charge in [-0.2, -0.15) is 10.2 Å². The van der Waals surface area contributed by atoms with E-state index in [4.69, 9.17) is 0 Å². The lowest BCUT2D eigenvalue weighted by Crippen LogP contribution is -2.00. The molecular formula is C18H13N4. The molecule has 0 fully saturated rings. The van der Waals surface area contributed by atoms with Crippen LogP contribution in [0.25, 0.3) is 22.0 Å². The summed E-state index contributed by atoms with van der Waals surface area (Å²) in [6.07, 6.45) is 6.48. The molecule has 0 N–H and O–H groups in total. The highest BCUT2D eigenvalue weighted by Gasteiger charge is 2.06. The molecule has 2 heterocycles. The summed E-state index contributed by atoms with van der Waals surface area (Å²) in [7, 11) is 0. The van der Waals surface area contributed by atoms with Crippen LogP contribution in [0.2, 0.25) is 0 Å². The van der Waals surface area contributed by atoms with Gasteiger partial charge in [0.1, 0.15) is 6.20 Å². The van der Waals surface area contributed by atoms with Gasteiger partial charge in [-0.05, 0) is 29.3 Å². The Labute approximate surface area is 128 Å². The van der Waals surface area contributed by atoms with E-state index in [1.54, 1.807) is 6.20 Å². The van der Waals surface area contributed by atoms with Gasteiger partial charge in [-0.15, -0.1) is 5.10 Å². The molecule has 0 saturated carbocycles. The maximum absolute atomic E-state index is 4.50. The molecule has 0 aliphatic heterocycles. The topological polar surface area (TPSA) is 43.6 Å². The first-order valence-corrected chi connectivity index (χ1v) is 7.09. The van der Waals surface area contributed by atoms with Gasteiger partial charge in [-0.1, -0.05) is 36.4 Å². The smallest absolute Gasteiger partial charge is 0.122 e. The first-order chi connectivity index (χ1) is 10.9. The monoisotopic (exact) mass is 285 g/mol. The van der Waals surface area contributed by atoms with Crippen LogP contribution in [0.3, 0.4) is 0 Å². The van der Waals surface area contributed by atoms with Crippen LogP contribution in [0.5, 0.6) is 0 Å². The Morgan fingerprint density at radius 2 is 1.91 bits per heavy atom. The lowest BCUT2D eigenvalue weighted by molar-refractivity contribution is 0.712. The van der Waals surface area contributed by atoms with Crippen LogP contribution >= 0.6 is 0 Å². The summed E-state index contributed by atoms with van der Waals surface area (Å²) in [5.41, 5.74) is 4.37. The van der Waals surface area contributed by atoms with Crippen molar-refractivity contribution < 1.29 is 0 Å². The van der Waals surface area contributed by atoms with Crippen molar-refractivity contribution >= 4 is 10.9 Å². The minimum atomic E-state index is 0.770. The van der Waals surface area contributed by atoms with Gasteiger partial charge in [0.2, 0.25) is 0 Å². The van der Waals surface area contributed by atoms with Crippen molar-refractivity contribution in [3.63, 3.8) is 0 Å². The van der Waals surface area contributed by atoms with E-state index in [0.29, 0.717) is 0 Å². The van der Waals surface area contributed by atoms with Crippen LogP contribution in [-0.4, -0.2) is 20.0 Å². The minimum absolute atomic E-state index is 0.770. The molecule has 0 amide bonds. The number of rotatable bonds is 3. The molecule has 0 saturated heterocycles. The Hall–Kier alpha value is -3.01. The summed E-state index contributed by atoms with van der Waals surface area (Å²) in [4.78, 5) is 0. The molecule has 22 heavy (non-hydrogen) atoms. The lowest BCUT2D eigenvalue weighted by atomic mass is 10.1. The van der Waals surface area contributed by atoms with Gasteiger partial charge in [0.15, 0.2) is 0 Å². The van der Waals surface area contributed by atoms with Gasteiger partial charge >= 0.3 is 0 Å². The molecule has 2 aromatic carbocycles. The van der Waals surface area contributed by atoms with E-state index in [1.807, 2.05) is 35.1 Å². The third kappa shape index (κ3) is 2.35. The third-order valence-electron chi connectivity index (χ3n) is 3.66. The third-order valence-corrected chi connectivity index (χ3v) is 3.66. The van der Waals surface area contributed by atoms with Crippen molar-refractivity contribution in [2.45, 2.75) is 6.54 Å². The van der Waals surface area contributed by atoms with E-state index in [9.17, 15) is 0 Å². The van der Waals surface area contributed by atoms with Gasteiger partial charge < -0.3 is 0 Å². The van der Waals surface area contributed by atoms with Crippen LogP contribution in [0, 0.1) is 6.20 Å². The molecule has 2 aromatic heterocycles. The number of hydrogen-bond acceptors (Lipinski definition) is 3. The highest BCUT2D eigenvalue weighted by molar-refractivity contribution is 5.84. The summed E-state index contributed by atoms with van der Waals surface area (Å²) in [5, 5.41) is 13.2. The predicted molar refractivity (Wildman–Crippen MR) is 85.1 cm³/mol. The second-order valence-electron chi connectivity index (χ2n) is 5.12. The van der Waals surface area contributed by atoms with Crippen LogP contribution in [0.4, 0.5) is 0 Å². The molecule has 0 spiro atoms. The average molecular weight is 285 g/mol. The maximum atomic E-state index is 4.50. The van der Waals surface area contributed by atoms with Crippen molar-refractivity contribution in [2.75, 3.05) is 0 Å². The number of aromatic nitrogens is 4. The molecule has 4 rings (SSSR count). The fourth-order valence-corrected chi connectivity index (χ4v) is 2.56. The zero-order valence-electron chi connectivity index (χ0n) is 11.8. The molecular weight excluding hydrogens is 272 g/mol. The molecule has 4 heteroatoms. The molecule has 0 atom stereocenters. The number of fused-ring (bicyclic) bond motifs is 1. The summed E-state index contributed by atoms with van der Waals surface area (Å²) in [5.74, 6) is 0. The second kappa shape index (κ2) is 5.41. The second-order valence-corrected chi connectivity index (χ2v) is 5.12. The van der Waals surface area contributed by atoms with E-state index >= 15 is 0 Å².